The first-order chi connectivity index (χ1) is 7.44. The van der Waals surface area contributed by atoms with Crippen LogP contribution in [0.15, 0.2) is 46.3 Å². The number of nitrogens with one attached hydrogen (secondary N) is 1. The van der Waals surface area contributed by atoms with Gasteiger partial charge in [-0.3, -0.25) is 0 Å². The summed E-state index contributed by atoms with van der Waals surface area (Å²) in [5.74, 6) is 0. The molecule has 1 rings (SSSR count). The quantitative estimate of drug-likeness (QED) is 0.877. The molecule has 0 aliphatic heterocycles. The fourth-order valence-corrected chi connectivity index (χ4v) is 2.26. The molecule has 0 aromatic heterocycles. The molecule has 0 atom stereocenters. The molecule has 1 aromatic carbocycles. The number of rotatable bonds is 4. The Bertz CT molecular complexity index is 461. The summed E-state index contributed by atoms with van der Waals surface area (Å²) in [5, 5.41) is 2.98. The minimum absolute atomic E-state index is 0.223. The molecule has 1 aromatic rings. The highest BCUT2D eigenvalue weighted by Gasteiger charge is 2.15. The largest absolute Gasteiger partial charge is 0.388 e. The van der Waals surface area contributed by atoms with Crippen LogP contribution in [0.2, 0.25) is 0 Å². The molecule has 0 saturated carbocycles. The number of hydrogen-bond acceptors (Lipinski definition) is 3. The molecule has 0 heterocycles. The summed E-state index contributed by atoms with van der Waals surface area (Å²) in [6.07, 6.45) is 1.55. The van der Waals surface area contributed by atoms with Gasteiger partial charge in [-0.15, -0.1) is 0 Å². The van der Waals surface area contributed by atoms with Gasteiger partial charge in [0.2, 0.25) is 9.84 Å². The van der Waals surface area contributed by atoms with Gasteiger partial charge in [0.15, 0.2) is 0 Å². The summed E-state index contributed by atoms with van der Waals surface area (Å²) in [5.41, 5.74) is 0. The van der Waals surface area contributed by atoms with Crippen LogP contribution in [0.25, 0.3) is 0 Å². The summed E-state index contributed by atoms with van der Waals surface area (Å²) < 4.78 is 24.1. The predicted molar refractivity (Wildman–Crippen MR) is 65.7 cm³/mol. The van der Waals surface area contributed by atoms with Crippen LogP contribution < -0.4 is 5.32 Å². The van der Waals surface area contributed by atoms with Gasteiger partial charge in [-0.05, 0) is 32.9 Å². The highest BCUT2D eigenvalue weighted by Crippen LogP contribution is 2.17. The van der Waals surface area contributed by atoms with Crippen LogP contribution in [0.1, 0.15) is 20.8 Å². The van der Waals surface area contributed by atoms with Gasteiger partial charge in [-0.2, -0.15) is 0 Å². The smallest absolute Gasteiger partial charge is 0.203 e. The van der Waals surface area contributed by atoms with E-state index < -0.39 is 9.84 Å². The van der Waals surface area contributed by atoms with Crippen molar-refractivity contribution in [2.75, 3.05) is 0 Å². The molecule has 0 amide bonds. The Kier molecular flexibility index (Phi) is 4.12. The van der Waals surface area contributed by atoms with Crippen LogP contribution in [-0.4, -0.2) is 14.5 Å². The number of sulfone groups is 1. The van der Waals surface area contributed by atoms with Crippen molar-refractivity contribution < 1.29 is 8.42 Å². The summed E-state index contributed by atoms with van der Waals surface area (Å²) in [6.45, 7) is 5.51. The molecule has 88 valence electrons. The van der Waals surface area contributed by atoms with Gasteiger partial charge in [0.25, 0.3) is 0 Å². The molecule has 0 spiro atoms. The summed E-state index contributed by atoms with van der Waals surface area (Å²) in [7, 11) is -3.34. The first-order valence-corrected chi connectivity index (χ1v) is 6.66. The molecule has 16 heavy (non-hydrogen) atoms. The van der Waals surface area contributed by atoms with Crippen molar-refractivity contribution in [1.82, 2.24) is 5.32 Å². The molecule has 0 aliphatic carbocycles. The fraction of sp³-hybridized carbons (Fsp3) is 0.333. The van der Waals surface area contributed by atoms with Gasteiger partial charge in [-0.1, -0.05) is 18.2 Å². The van der Waals surface area contributed by atoms with Crippen LogP contribution >= 0.6 is 0 Å². The van der Waals surface area contributed by atoms with Gasteiger partial charge in [0.1, 0.15) is 0 Å². The average molecular weight is 239 g/mol. The van der Waals surface area contributed by atoms with Crippen LogP contribution in [0, 0.1) is 0 Å². The molecular formula is C12H17NO2S. The van der Waals surface area contributed by atoms with Gasteiger partial charge in [0, 0.05) is 12.2 Å². The van der Waals surface area contributed by atoms with E-state index in [4.69, 9.17) is 0 Å². The Morgan fingerprint density at radius 2 is 1.81 bits per heavy atom. The lowest BCUT2D eigenvalue weighted by Gasteiger charge is -2.07. The Balaban J connectivity index is 3.00. The number of benzene rings is 1. The summed E-state index contributed by atoms with van der Waals surface area (Å²) >= 11 is 0. The zero-order valence-electron chi connectivity index (χ0n) is 9.77. The topological polar surface area (TPSA) is 46.2 Å². The van der Waals surface area contributed by atoms with Crippen molar-refractivity contribution in [1.29, 1.82) is 0 Å². The minimum Gasteiger partial charge on any atom is -0.388 e. The van der Waals surface area contributed by atoms with E-state index in [2.05, 4.69) is 5.32 Å². The van der Waals surface area contributed by atoms with Crippen molar-refractivity contribution in [2.45, 2.75) is 31.7 Å². The normalized spacial score (nSPS) is 12.9. The van der Waals surface area contributed by atoms with Crippen LogP contribution in [0.5, 0.6) is 0 Å². The molecule has 3 nitrogen and oxygen atoms in total. The third-order valence-electron chi connectivity index (χ3n) is 2.10. The van der Waals surface area contributed by atoms with Gasteiger partial charge in [-0.25, -0.2) is 8.42 Å². The van der Waals surface area contributed by atoms with Gasteiger partial charge < -0.3 is 5.32 Å². The summed E-state index contributed by atoms with van der Waals surface area (Å²) in [4.78, 5) is 0.654. The van der Waals surface area contributed by atoms with Gasteiger partial charge >= 0.3 is 0 Å². The second kappa shape index (κ2) is 5.16. The Morgan fingerprint density at radius 3 is 2.31 bits per heavy atom. The third-order valence-corrected chi connectivity index (χ3v) is 3.96. The standard InChI is InChI=1S/C12H17NO2S/c1-10(2)13-9-11(3)16(14,15)12-7-5-4-6-8-12/h4-10,13H,1-3H3/b11-9+. The molecule has 0 saturated heterocycles. The average Bonchev–Trinajstić information content (AvgIpc) is 2.27. The molecule has 0 radical (unpaired) electrons. The Labute approximate surface area is 97.1 Å². The Morgan fingerprint density at radius 1 is 1.25 bits per heavy atom. The SMILES string of the molecule is C/C(=C\NC(C)C)S(=O)(=O)c1ccccc1. The fourth-order valence-electron chi connectivity index (χ4n) is 1.15. The van der Waals surface area contributed by atoms with E-state index in [0.29, 0.717) is 9.80 Å². The highest BCUT2D eigenvalue weighted by atomic mass is 32.2. The van der Waals surface area contributed by atoms with E-state index in [9.17, 15) is 8.42 Å². The second-order valence-electron chi connectivity index (χ2n) is 3.89. The predicted octanol–water partition coefficient (Wildman–Crippen LogP) is 2.32. The van der Waals surface area contributed by atoms with E-state index in [1.807, 2.05) is 13.8 Å². The Hall–Kier alpha value is -1.29. The van der Waals surface area contributed by atoms with Crippen LogP contribution in [-0.2, 0) is 9.84 Å². The van der Waals surface area contributed by atoms with E-state index in [1.54, 1.807) is 43.5 Å². The number of allylic oxidation sites excluding steroid dienone is 1. The van der Waals surface area contributed by atoms with Crippen molar-refractivity contribution >= 4 is 9.84 Å². The highest BCUT2D eigenvalue weighted by molar-refractivity contribution is 7.95. The second-order valence-corrected chi connectivity index (χ2v) is 6.02. The zero-order chi connectivity index (χ0) is 12.2. The molecular weight excluding hydrogens is 222 g/mol. The van der Waals surface area contributed by atoms with E-state index in [-0.39, 0.29) is 6.04 Å². The van der Waals surface area contributed by atoms with Crippen LogP contribution in [0.4, 0.5) is 0 Å². The molecule has 1 N–H and O–H groups in total. The van der Waals surface area contributed by atoms with E-state index in [1.165, 1.54) is 0 Å². The lowest BCUT2D eigenvalue weighted by Crippen LogP contribution is -2.17. The maximum atomic E-state index is 12.0. The van der Waals surface area contributed by atoms with E-state index in [0.717, 1.165) is 0 Å². The van der Waals surface area contributed by atoms with Crippen molar-refractivity contribution in [2.24, 2.45) is 0 Å². The number of hydrogen-bond donors (Lipinski definition) is 1. The third kappa shape index (κ3) is 3.10. The molecule has 0 bridgehead atoms. The zero-order valence-corrected chi connectivity index (χ0v) is 10.6. The summed E-state index contributed by atoms with van der Waals surface area (Å²) in [6, 6.07) is 8.65. The monoisotopic (exact) mass is 239 g/mol. The first kappa shape index (κ1) is 12.8. The van der Waals surface area contributed by atoms with Gasteiger partial charge in [0.05, 0.1) is 9.80 Å². The minimum atomic E-state index is -3.34. The van der Waals surface area contributed by atoms with Crippen molar-refractivity contribution in [3.63, 3.8) is 0 Å². The first-order valence-electron chi connectivity index (χ1n) is 5.17. The van der Waals surface area contributed by atoms with Crippen molar-refractivity contribution in [3.8, 4) is 0 Å². The molecule has 0 unspecified atom stereocenters. The molecule has 0 fully saturated rings. The lowest BCUT2D eigenvalue weighted by molar-refractivity contribution is 0.601. The molecule has 4 heteroatoms. The van der Waals surface area contributed by atoms with Crippen LogP contribution in [0.3, 0.4) is 0 Å². The maximum absolute atomic E-state index is 12.0. The van der Waals surface area contributed by atoms with E-state index >= 15 is 0 Å². The maximum Gasteiger partial charge on any atom is 0.203 e. The van der Waals surface area contributed by atoms with Crippen molar-refractivity contribution in [3.05, 3.63) is 41.4 Å². The lowest BCUT2D eigenvalue weighted by atomic mass is 10.4. The molecule has 0 aliphatic rings.